The summed E-state index contributed by atoms with van der Waals surface area (Å²) in [6.45, 7) is 12.4. The topological polar surface area (TPSA) is 0 Å². The summed E-state index contributed by atoms with van der Waals surface area (Å²) in [4.78, 5) is 0. The molecular formula is C18H34. The van der Waals surface area contributed by atoms with Crippen LogP contribution < -0.4 is 0 Å². The van der Waals surface area contributed by atoms with Crippen molar-refractivity contribution >= 4 is 0 Å². The summed E-state index contributed by atoms with van der Waals surface area (Å²) in [5.41, 5.74) is 1.32. The maximum atomic E-state index is 2.36. The molecule has 0 spiro atoms. The van der Waals surface area contributed by atoms with Crippen molar-refractivity contribution in [3.63, 3.8) is 0 Å². The van der Waals surface area contributed by atoms with E-state index in [-0.39, 0.29) is 0 Å². The van der Waals surface area contributed by atoms with Crippen molar-refractivity contribution in [3.8, 4) is 0 Å². The Labute approximate surface area is 116 Å². The van der Waals surface area contributed by atoms with Crippen molar-refractivity contribution in [2.24, 2.45) is 5.92 Å². The maximum Gasteiger partial charge on any atom is -0.0398 e. The minimum absolute atomic E-state index is 1.04. The average molecular weight is 250 g/mol. The highest BCUT2D eigenvalue weighted by Crippen LogP contribution is 2.22. The third-order valence-corrected chi connectivity index (χ3v) is 2.83. The highest BCUT2D eigenvalue weighted by molar-refractivity contribution is 5.11. The van der Waals surface area contributed by atoms with Crippen LogP contribution in [0.1, 0.15) is 72.3 Å². The minimum Gasteiger partial charge on any atom is -0.0683 e. The van der Waals surface area contributed by atoms with Crippen molar-refractivity contribution in [3.05, 3.63) is 35.9 Å². The van der Waals surface area contributed by atoms with Crippen LogP contribution >= 0.6 is 0 Å². The van der Waals surface area contributed by atoms with E-state index in [0.29, 0.717) is 0 Å². The lowest BCUT2D eigenvalue weighted by Crippen LogP contribution is -1.99. The Bertz CT molecular complexity index is 219. The van der Waals surface area contributed by atoms with Gasteiger partial charge in [0.15, 0.2) is 0 Å². The van der Waals surface area contributed by atoms with E-state index in [4.69, 9.17) is 0 Å². The van der Waals surface area contributed by atoms with Gasteiger partial charge >= 0.3 is 0 Å². The largest absolute Gasteiger partial charge is 0.0683 e. The highest BCUT2D eigenvalue weighted by atomic mass is 14.1. The third kappa shape index (κ3) is 13.3. The Kier molecular flexibility index (Phi) is 17.6. The molecule has 0 bridgehead atoms. The van der Waals surface area contributed by atoms with E-state index in [0.717, 1.165) is 5.92 Å². The van der Waals surface area contributed by atoms with E-state index in [1.165, 1.54) is 37.7 Å². The fraction of sp³-hybridized carbons (Fsp3) is 0.667. The van der Waals surface area contributed by atoms with Crippen LogP contribution in [-0.2, 0) is 0 Å². The summed E-state index contributed by atoms with van der Waals surface area (Å²) < 4.78 is 0. The number of rotatable bonds is 0. The second-order valence-corrected chi connectivity index (χ2v) is 4.40. The molecule has 0 aromatic heterocycles. The number of hydrogen-bond acceptors (Lipinski definition) is 0. The van der Waals surface area contributed by atoms with Crippen LogP contribution in [-0.4, -0.2) is 0 Å². The average Bonchev–Trinajstić information content (AvgIpc) is 2.46. The van der Waals surface area contributed by atoms with Crippen molar-refractivity contribution in [2.45, 2.75) is 73.6 Å². The number of aryl methyl sites for hydroxylation is 1. The van der Waals surface area contributed by atoms with Crippen molar-refractivity contribution in [1.29, 1.82) is 0 Å². The van der Waals surface area contributed by atoms with Crippen molar-refractivity contribution in [1.82, 2.24) is 0 Å². The number of benzene rings is 1. The standard InChI is InChI=1S/C7H14.C7H8.2C2H6/c2*1-7-5-3-2-4-6-7;2*1-2/h7H,2-6H2,1H3;2-6H,1H3;2*1-2H3. The monoisotopic (exact) mass is 250 g/mol. The molecule has 1 aliphatic carbocycles. The smallest absolute Gasteiger partial charge is 0.0398 e. The molecule has 1 aromatic rings. The molecule has 106 valence electrons. The van der Waals surface area contributed by atoms with Crippen LogP contribution in [0.3, 0.4) is 0 Å². The summed E-state index contributed by atoms with van der Waals surface area (Å²) in [6.07, 6.45) is 7.44. The van der Waals surface area contributed by atoms with Crippen LogP contribution in [0.5, 0.6) is 0 Å². The van der Waals surface area contributed by atoms with Gasteiger partial charge in [-0.2, -0.15) is 0 Å². The second-order valence-electron chi connectivity index (χ2n) is 4.40. The van der Waals surface area contributed by atoms with E-state index >= 15 is 0 Å². The summed E-state index contributed by atoms with van der Waals surface area (Å²) in [5.74, 6) is 1.04. The molecule has 0 radical (unpaired) electrons. The van der Waals surface area contributed by atoms with Gasteiger partial charge in [-0.15, -0.1) is 0 Å². The Balaban J connectivity index is 0. The first-order valence-electron chi connectivity index (χ1n) is 7.80. The SMILES string of the molecule is CC.CC.CC1CCCCC1.Cc1ccccc1. The zero-order chi connectivity index (χ0) is 14.2. The number of hydrogen-bond donors (Lipinski definition) is 0. The zero-order valence-electron chi connectivity index (χ0n) is 13.5. The Morgan fingerprint density at radius 1 is 0.778 bits per heavy atom. The van der Waals surface area contributed by atoms with Crippen LogP contribution in [0, 0.1) is 12.8 Å². The third-order valence-electron chi connectivity index (χ3n) is 2.83. The molecule has 18 heavy (non-hydrogen) atoms. The lowest BCUT2D eigenvalue weighted by Gasteiger charge is -2.15. The van der Waals surface area contributed by atoms with Gasteiger partial charge < -0.3 is 0 Å². The summed E-state index contributed by atoms with van der Waals surface area (Å²) in [6, 6.07) is 10.3. The van der Waals surface area contributed by atoms with Gasteiger partial charge in [-0.25, -0.2) is 0 Å². The van der Waals surface area contributed by atoms with Crippen LogP contribution in [0.2, 0.25) is 0 Å². The predicted octanol–water partition coefficient (Wildman–Crippen LogP) is 6.63. The first kappa shape index (κ1) is 19.6. The molecule has 0 saturated heterocycles. The molecule has 0 heteroatoms. The molecule has 0 nitrogen and oxygen atoms in total. The Hall–Kier alpha value is -0.780. The molecular weight excluding hydrogens is 216 g/mol. The van der Waals surface area contributed by atoms with Crippen molar-refractivity contribution < 1.29 is 0 Å². The maximum absolute atomic E-state index is 2.36. The Morgan fingerprint density at radius 2 is 1.22 bits per heavy atom. The fourth-order valence-corrected chi connectivity index (χ4v) is 1.84. The summed E-state index contributed by atoms with van der Waals surface area (Å²) >= 11 is 0. The molecule has 0 unspecified atom stereocenters. The highest BCUT2D eigenvalue weighted by Gasteiger charge is 2.05. The van der Waals surface area contributed by atoms with E-state index in [9.17, 15) is 0 Å². The summed E-state index contributed by atoms with van der Waals surface area (Å²) in [5, 5.41) is 0. The molecule has 1 aromatic carbocycles. The van der Waals surface area contributed by atoms with Gasteiger partial charge in [0.25, 0.3) is 0 Å². The van der Waals surface area contributed by atoms with E-state index in [1.54, 1.807) is 0 Å². The molecule has 2 rings (SSSR count). The summed E-state index contributed by atoms with van der Waals surface area (Å²) in [7, 11) is 0. The minimum atomic E-state index is 1.04. The quantitative estimate of drug-likeness (QED) is 0.484. The van der Waals surface area contributed by atoms with Crippen LogP contribution in [0.15, 0.2) is 30.3 Å². The molecule has 0 aliphatic heterocycles. The lowest BCUT2D eigenvalue weighted by molar-refractivity contribution is 0.385. The van der Waals surface area contributed by atoms with Gasteiger partial charge in [-0.05, 0) is 12.8 Å². The van der Waals surface area contributed by atoms with Gasteiger partial charge in [0.2, 0.25) is 0 Å². The van der Waals surface area contributed by atoms with Gasteiger partial charge in [0.05, 0.1) is 0 Å². The fourth-order valence-electron chi connectivity index (χ4n) is 1.84. The van der Waals surface area contributed by atoms with Gasteiger partial charge in [0, 0.05) is 0 Å². The normalized spacial score (nSPS) is 13.9. The second kappa shape index (κ2) is 16.2. The molecule has 0 N–H and O–H groups in total. The predicted molar refractivity (Wildman–Crippen MR) is 86.1 cm³/mol. The van der Waals surface area contributed by atoms with Crippen molar-refractivity contribution in [2.75, 3.05) is 0 Å². The molecule has 1 fully saturated rings. The van der Waals surface area contributed by atoms with Gasteiger partial charge in [-0.3, -0.25) is 0 Å². The molecule has 1 aliphatic rings. The van der Waals surface area contributed by atoms with Crippen LogP contribution in [0.25, 0.3) is 0 Å². The lowest BCUT2D eigenvalue weighted by atomic mass is 9.91. The van der Waals surface area contributed by atoms with Gasteiger partial charge in [-0.1, -0.05) is 103 Å². The molecule has 0 heterocycles. The van der Waals surface area contributed by atoms with E-state index < -0.39 is 0 Å². The van der Waals surface area contributed by atoms with E-state index in [1.807, 2.05) is 45.9 Å². The zero-order valence-corrected chi connectivity index (χ0v) is 13.5. The first-order chi connectivity index (χ1) is 8.79. The van der Waals surface area contributed by atoms with E-state index in [2.05, 4.69) is 26.0 Å². The first-order valence-corrected chi connectivity index (χ1v) is 7.80. The molecule has 0 amide bonds. The van der Waals surface area contributed by atoms with Crippen LogP contribution in [0.4, 0.5) is 0 Å². The van der Waals surface area contributed by atoms with Gasteiger partial charge in [0.1, 0.15) is 0 Å². The molecule has 0 atom stereocenters. The Morgan fingerprint density at radius 3 is 1.44 bits per heavy atom. The molecule has 1 saturated carbocycles.